The highest BCUT2D eigenvalue weighted by Crippen LogP contribution is 2.41. The van der Waals surface area contributed by atoms with Crippen LogP contribution in [0.1, 0.15) is 28.0 Å². The topological polar surface area (TPSA) is 77.2 Å². The molecule has 0 saturated heterocycles. The molecule has 2 heterocycles. The maximum absolute atomic E-state index is 13.4. The van der Waals surface area contributed by atoms with E-state index in [-0.39, 0.29) is 5.91 Å². The van der Waals surface area contributed by atoms with Crippen LogP contribution < -0.4 is 15.8 Å². The molecule has 0 radical (unpaired) electrons. The molecular weight excluding hydrogens is 417 g/mol. The number of benzene rings is 3. The van der Waals surface area contributed by atoms with Gasteiger partial charge in [0.25, 0.3) is 5.91 Å². The summed E-state index contributed by atoms with van der Waals surface area (Å²) in [5, 5.41) is 3.19. The summed E-state index contributed by atoms with van der Waals surface area (Å²) in [5.41, 5.74) is 9.62. The first-order valence-corrected chi connectivity index (χ1v) is 10.7. The molecule has 4 aromatic rings. The summed E-state index contributed by atoms with van der Waals surface area (Å²) in [6, 6.07) is 24.9. The van der Waals surface area contributed by atoms with Gasteiger partial charge in [0.05, 0.1) is 6.61 Å². The van der Waals surface area contributed by atoms with Crippen LogP contribution in [0.4, 0.5) is 10.1 Å². The zero-order valence-electron chi connectivity index (χ0n) is 17.8. The first-order chi connectivity index (χ1) is 16.0. The molecule has 0 spiro atoms. The van der Waals surface area contributed by atoms with E-state index in [0.29, 0.717) is 35.7 Å². The molecule has 0 saturated carbocycles. The predicted octanol–water partition coefficient (Wildman–Crippen LogP) is 4.93. The van der Waals surface area contributed by atoms with Gasteiger partial charge >= 0.3 is 0 Å². The second-order valence-corrected chi connectivity index (χ2v) is 8.01. The van der Waals surface area contributed by atoms with E-state index in [0.717, 1.165) is 16.7 Å². The number of nitrogens with two attached hydrogens (primary N) is 1. The quantitative estimate of drug-likeness (QED) is 0.442. The number of fused-ring (bicyclic) bond motifs is 1. The van der Waals surface area contributed by atoms with Gasteiger partial charge < -0.3 is 15.8 Å². The molecule has 3 aromatic carbocycles. The number of anilines is 1. The van der Waals surface area contributed by atoms with E-state index >= 15 is 0 Å². The van der Waals surface area contributed by atoms with Crippen molar-refractivity contribution in [2.24, 2.45) is 0 Å². The van der Waals surface area contributed by atoms with Crippen LogP contribution in [0, 0.1) is 5.82 Å². The molecule has 5 nitrogen and oxygen atoms in total. The van der Waals surface area contributed by atoms with Crippen molar-refractivity contribution in [2.75, 3.05) is 12.3 Å². The first kappa shape index (κ1) is 20.7. The van der Waals surface area contributed by atoms with Gasteiger partial charge in [-0.15, -0.1) is 0 Å². The third kappa shape index (κ3) is 3.91. The van der Waals surface area contributed by atoms with Crippen LogP contribution in [-0.4, -0.2) is 17.5 Å². The number of ether oxygens (including phenoxy) is 1. The van der Waals surface area contributed by atoms with Crippen molar-refractivity contribution in [1.29, 1.82) is 0 Å². The van der Waals surface area contributed by atoms with Gasteiger partial charge in [-0.25, -0.2) is 4.39 Å². The maximum atomic E-state index is 13.4. The van der Waals surface area contributed by atoms with E-state index in [1.54, 1.807) is 12.3 Å². The summed E-state index contributed by atoms with van der Waals surface area (Å²) in [6.45, 7) is 0.419. The van der Waals surface area contributed by atoms with Crippen molar-refractivity contribution in [2.45, 2.75) is 12.0 Å². The Labute approximate surface area is 191 Å². The van der Waals surface area contributed by atoms with E-state index < -0.39 is 11.4 Å². The van der Waals surface area contributed by atoms with Crippen LogP contribution in [0.2, 0.25) is 0 Å². The number of carbonyl (C=O) groups is 1. The number of hydrogen-bond acceptors (Lipinski definition) is 4. The van der Waals surface area contributed by atoms with Crippen LogP contribution in [0.25, 0.3) is 11.1 Å². The predicted molar refractivity (Wildman–Crippen MR) is 125 cm³/mol. The molecule has 1 unspecified atom stereocenters. The van der Waals surface area contributed by atoms with Crippen LogP contribution in [0.15, 0.2) is 91.1 Å². The van der Waals surface area contributed by atoms with Gasteiger partial charge in [0, 0.05) is 23.9 Å². The molecule has 0 fully saturated rings. The second-order valence-electron chi connectivity index (χ2n) is 8.01. The molecule has 3 N–H and O–H groups in total. The molecule has 1 aliphatic rings. The molecular formula is C27H22FN3O2. The fraction of sp³-hybridized carbons (Fsp3) is 0.111. The Kier molecular flexibility index (Phi) is 5.26. The van der Waals surface area contributed by atoms with E-state index in [2.05, 4.69) is 10.3 Å². The number of amides is 1. The van der Waals surface area contributed by atoms with Crippen molar-refractivity contribution < 1.29 is 13.9 Å². The lowest BCUT2D eigenvalue weighted by Crippen LogP contribution is -2.50. The molecule has 1 amide bonds. The second kappa shape index (κ2) is 8.39. The van der Waals surface area contributed by atoms with Gasteiger partial charge in [-0.3, -0.25) is 9.78 Å². The number of hydrogen-bond donors (Lipinski definition) is 2. The minimum Gasteiger partial charge on any atom is -0.491 e. The molecule has 0 bridgehead atoms. The number of pyridine rings is 1. The Hall–Kier alpha value is -4.19. The Morgan fingerprint density at radius 2 is 1.61 bits per heavy atom. The Morgan fingerprint density at radius 3 is 2.30 bits per heavy atom. The summed E-state index contributed by atoms with van der Waals surface area (Å²) >= 11 is 0. The SMILES string of the molecule is Nc1ccc(-c2ccc(C3(NC(=O)c4ccc(F)cc4)CCOc4cccnc43)cc2)cc1. The summed E-state index contributed by atoms with van der Waals surface area (Å²) in [7, 11) is 0. The highest BCUT2D eigenvalue weighted by atomic mass is 19.1. The average Bonchev–Trinajstić information content (AvgIpc) is 2.85. The summed E-state index contributed by atoms with van der Waals surface area (Å²) in [4.78, 5) is 17.8. The molecule has 164 valence electrons. The van der Waals surface area contributed by atoms with Crippen LogP contribution >= 0.6 is 0 Å². The Balaban J connectivity index is 1.57. The number of nitrogens with one attached hydrogen (secondary N) is 1. The van der Waals surface area contributed by atoms with Crippen molar-refractivity contribution >= 4 is 11.6 Å². The highest BCUT2D eigenvalue weighted by molar-refractivity contribution is 5.95. The fourth-order valence-corrected chi connectivity index (χ4v) is 4.22. The van der Waals surface area contributed by atoms with Gasteiger partial charge in [0.2, 0.25) is 0 Å². The number of halogens is 1. The first-order valence-electron chi connectivity index (χ1n) is 10.7. The Bertz CT molecular complexity index is 1290. The normalized spacial score (nSPS) is 17.0. The number of carbonyl (C=O) groups excluding carboxylic acids is 1. The van der Waals surface area contributed by atoms with Gasteiger partial charge in [0.15, 0.2) is 0 Å². The largest absolute Gasteiger partial charge is 0.491 e. The lowest BCUT2D eigenvalue weighted by atomic mass is 9.80. The Morgan fingerprint density at radius 1 is 0.939 bits per heavy atom. The van der Waals surface area contributed by atoms with Crippen LogP contribution in [0.3, 0.4) is 0 Å². The molecule has 1 atom stereocenters. The number of nitrogen functional groups attached to an aromatic ring is 1. The van der Waals surface area contributed by atoms with Crippen molar-refractivity contribution in [3.05, 3.63) is 114 Å². The fourth-order valence-electron chi connectivity index (χ4n) is 4.22. The number of rotatable bonds is 4. The molecule has 6 heteroatoms. The molecule has 1 aliphatic heterocycles. The maximum Gasteiger partial charge on any atom is 0.252 e. The van der Waals surface area contributed by atoms with Gasteiger partial charge in [0.1, 0.15) is 22.8 Å². The lowest BCUT2D eigenvalue weighted by Gasteiger charge is -2.39. The van der Waals surface area contributed by atoms with Crippen LogP contribution in [-0.2, 0) is 5.54 Å². The molecule has 1 aromatic heterocycles. The number of aromatic nitrogens is 1. The van der Waals surface area contributed by atoms with Crippen LogP contribution in [0.5, 0.6) is 5.75 Å². The third-order valence-corrected chi connectivity index (χ3v) is 5.96. The highest BCUT2D eigenvalue weighted by Gasteiger charge is 2.42. The van der Waals surface area contributed by atoms with Gasteiger partial charge in [-0.1, -0.05) is 36.4 Å². The van der Waals surface area contributed by atoms with E-state index in [9.17, 15) is 9.18 Å². The van der Waals surface area contributed by atoms with Crippen molar-refractivity contribution in [3.8, 4) is 16.9 Å². The van der Waals surface area contributed by atoms with E-state index in [1.807, 2.05) is 54.6 Å². The minimum absolute atomic E-state index is 0.309. The summed E-state index contributed by atoms with van der Waals surface area (Å²) in [6.07, 6.45) is 2.19. The monoisotopic (exact) mass is 439 g/mol. The summed E-state index contributed by atoms with van der Waals surface area (Å²) in [5.74, 6) is -0.0699. The van der Waals surface area contributed by atoms with Crippen molar-refractivity contribution in [1.82, 2.24) is 10.3 Å². The van der Waals surface area contributed by atoms with Crippen molar-refractivity contribution in [3.63, 3.8) is 0 Å². The molecule has 33 heavy (non-hydrogen) atoms. The third-order valence-electron chi connectivity index (χ3n) is 5.96. The lowest BCUT2D eigenvalue weighted by molar-refractivity contribution is 0.0883. The minimum atomic E-state index is -0.889. The smallest absolute Gasteiger partial charge is 0.252 e. The molecule has 5 rings (SSSR count). The average molecular weight is 439 g/mol. The van der Waals surface area contributed by atoms with E-state index in [1.165, 1.54) is 24.3 Å². The number of nitrogens with zero attached hydrogens (tertiary/aromatic N) is 1. The summed E-state index contributed by atoms with van der Waals surface area (Å²) < 4.78 is 19.2. The van der Waals surface area contributed by atoms with E-state index in [4.69, 9.17) is 10.5 Å². The van der Waals surface area contributed by atoms with Gasteiger partial charge in [-0.05, 0) is 65.2 Å². The molecule has 0 aliphatic carbocycles. The zero-order valence-corrected chi connectivity index (χ0v) is 17.8. The van der Waals surface area contributed by atoms with Gasteiger partial charge in [-0.2, -0.15) is 0 Å². The standard InChI is InChI=1S/C27H22FN3O2/c28-22-11-5-20(6-12-22)26(32)31-27(15-17-33-24-2-1-16-30-25(24)27)21-9-3-18(4-10-21)19-7-13-23(29)14-8-19/h1-14,16H,15,17,29H2,(H,31,32). The zero-order chi connectivity index (χ0) is 22.8.